The zero-order chi connectivity index (χ0) is 16.4. The molecule has 0 bridgehead atoms. The number of nitrogens with zero attached hydrogens (tertiary/aromatic N) is 1. The lowest BCUT2D eigenvalue weighted by Crippen LogP contribution is -2.27. The monoisotopic (exact) mass is 372 g/mol. The number of amides is 3. The van der Waals surface area contributed by atoms with Gasteiger partial charge in [-0.15, -0.1) is 0 Å². The van der Waals surface area contributed by atoms with E-state index in [9.17, 15) is 9.59 Å². The third kappa shape index (κ3) is 3.09. The van der Waals surface area contributed by atoms with Crippen LogP contribution in [-0.4, -0.2) is 17.6 Å². The first kappa shape index (κ1) is 15.2. The minimum absolute atomic E-state index is 0.166. The minimum atomic E-state index is -0.520. The fourth-order valence-corrected chi connectivity index (χ4v) is 2.74. The van der Waals surface area contributed by atoms with Crippen LogP contribution in [0.1, 0.15) is 11.1 Å². The van der Waals surface area contributed by atoms with Gasteiger partial charge in [0.25, 0.3) is 5.91 Å². The number of hydrazone groups is 1. The molecule has 2 aromatic carbocycles. The fraction of sp³-hybridized carbons (Fsp3) is 0.0625. The van der Waals surface area contributed by atoms with E-state index >= 15 is 0 Å². The molecule has 0 radical (unpaired) electrons. The second-order valence-electron chi connectivity index (χ2n) is 4.97. The molecule has 1 aliphatic heterocycles. The van der Waals surface area contributed by atoms with Crippen molar-refractivity contribution in [2.24, 2.45) is 5.10 Å². The number of fused-ring (bicyclic) bond motifs is 1. The summed E-state index contributed by atoms with van der Waals surface area (Å²) >= 11 is 3.46. The molecular weight excluding hydrogens is 360 g/mol. The molecule has 3 amide bonds. The molecule has 1 aliphatic rings. The van der Waals surface area contributed by atoms with Crippen molar-refractivity contribution in [3.8, 4) is 0 Å². The van der Waals surface area contributed by atoms with E-state index in [4.69, 9.17) is 0 Å². The van der Waals surface area contributed by atoms with Gasteiger partial charge in [-0.2, -0.15) is 5.10 Å². The molecule has 3 N–H and O–H groups in total. The van der Waals surface area contributed by atoms with Crippen LogP contribution in [0.4, 0.5) is 16.2 Å². The van der Waals surface area contributed by atoms with Gasteiger partial charge in [-0.05, 0) is 46.6 Å². The maximum atomic E-state index is 12.0. The summed E-state index contributed by atoms with van der Waals surface area (Å²) in [6.45, 7) is 1.92. The summed E-state index contributed by atoms with van der Waals surface area (Å²) in [5.41, 5.74) is 5.44. The van der Waals surface area contributed by atoms with Crippen LogP contribution in [0.2, 0.25) is 0 Å². The molecule has 0 fully saturated rings. The molecule has 0 spiro atoms. The van der Waals surface area contributed by atoms with Crippen molar-refractivity contribution in [2.75, 3.05) is 10.6 Å². The van der Waals surface area contributed by atoms with Crippen molar-refractivity contribution >= 4 is 45.0 Å². The zero-order valence-electron chi connectivity index (χ0n) is 12.2. The molecule has 0 atom stereocenters. The number of hydrogen-bond donors (Lipinski definition) is 3. The molecule has 23 heavy (non-hydrogen) atoms. The van der Waals surface area contributed by atoms with Gasteiger partial charge in [0.2, 0.25) is 0 Å². The minimum Gasteiger partial charge on any atom is -0.320 e. The summed E-state index contributed by atoms with van der Waals surface area (Å²) < 4.78 is 0.775. The highest BCUT2D eigenvalue weighted by atomic mass is 79.9. The van der Waals surface area contributed by atoms with Crippen molar-refractivity contribution < 1.29 is 9.59 Å². The average Bonchev–Trinajstić information content (AvgIpc) is 2.86. The van der Waals surface area contributed by atoms with Gasteiger partial charge in [0.1, 0.15) is 0 Å². The summed E-state index contributed by atoms with van der Waals surface area (Å²) in [7, 11) is 0. The Morgan fingerprint density at radius 2 is 1.91 bits per heavy atom. The SMILES string of the molecule is Cc1ccc2c(c1Br)/C(=N/NC(=O)Nc1ccccc1)C(=O)N2. The lowest BCUT2D eigenvalue weighted by molar-refractivity contribution is -0.110. The van der Waals surface area contributed by atoms with Crippen molar-refractivity contribution in [3.63, 3.8) is 0 Å². The van der Waals surface area contributed by atoms with Gasteiger partial charge in [0.05, 0.1) is 5.69 Å². The molecule has 2 aromatic rings. The Labute approximate surface area is 141 Å². The standard InChI is InChI=1S/C16H13BrN4O2/c1-9-7-8-11-12(13(9)17)14(15(22)19-11)20-21-16(23)18-10-5-3-2-4-6-10/h2-8H,1H3,(H2,18,21,23)(H,19,20,22). The highest BCUT2D eigenvalue weighted by Gasteiger charge is 2.29. The van der Waals surface area contributed by atoms with Crippen molar-refractivity contribution in [3.05, 3.63) is 58.1 Å². The van der Waals surface area contributed by atoms with Crippen LogP contribution in [0.5, 0.6) is 0 Å². The van der Waals surface area contributed by atoms with Crippen molar-refractivity contribution in [1.29, 1.82) is 0 Å². The van der Waals surface area contributed by atoms with Crippen molar-refractivity contribution in [1.82, 2.24) is 5.43 Å². The highest BCUT2D eigenvalue weighted by molar-refractivity contribution is 9.10. The first-order chi connectivity index (χ1) is 11.1. The quantitative estimate of drug-likeness (QED) is 0.707. The lowest BCUT2D eigenvalue weighted by atomic mass is 10.1. The maximum absolute atomic E-state index is 12.0. The number of benzene rings is 2. The van der Waals surface area contributed by atoms with Gasteiger partial charge in [-0.3, -0.25) is 4.79 Å². The lowest BCUT2D eigenvalue weighted by Gasteiger charge is -2.06. The van der Waals surface area contributed by atoms with E-state index in [1.807, 2.05) is 31.2 Å². The number of rotatable bonds is 2. The third-order valence-corrected chi connectivity index (χ3v) is 4.36. The summed E-state index contributed by atoms with van der Waals surface area (Å²) in [4.78, 5) is 23.9. The van der Waals surface area contributed by atoms with Crippen molar-refractivity contribution in [2.45, 2.75) is 6.92 Å². The summed E-state index contributed by atoms with van der Waals surface area (Å²) in [6, 6.07) is 12.2. The van der Waals surface area contributed by atoms with E-state index in [0.717, 1.165) is 10.0 Å². The predicted molar refractivity (Wildman–Crippen MR) is 92.6 cm³/mol. The highest BCUT2D eigenvalue weighted by Crippen LogP contribution is 2.32. The molecule has 1 heterocycles. The summed E-state index contributed by atoms with van der Waals surface area (Å²) in [6.07, 6.45) is 0. The Hall–Kier alpha value is -2.67. The number of para-hydroxylation sites is 1. The Kier molecular flexibility index (Phi) is 4.12. The second-order valence-corrected chi connectivity index (χ2v) is 5.76. The number of carbonyl (C=O) groups excluding carboxylic acids is 2. The van der Waals surface area contributed by atoms with Gasteiger partial charge < -0.3 is 10.6 Å². The van der Waals surface area contributed by atoms with Gasteiger partial charge in [-0.1, -0.05) is 24.3 Å². The zero-order valence-corrected chi connectivity index (χ0v) is 13.8. The van der Waals surface area contributed by atoms with Gasteiger partial charge >= 0.3 is 6.03 Å². The van der Waals surface area contributed by atoms with Gasteiger partial charge in [0.15, 0.2) is 5.71 Å². The Balaban J connectivity index is 1.80. The number of aryl methyl sites for hydroxylation is 1. The Morgan fingerprint density at radius 3 is 2.65 bits per heavy atom. The molecule has 0 unspecified atom stereocenters. The van der Waals surface area contributed by atoms with Crippen LogP contribution in [-0.2, 0) is 4.79 Å². The van der Waals surface area contributed by atoms with Crippen LogP contribution < -0.4 is 16.1 Å². The first-order valence-corrected chi connectivity index (χ1v) is 7.66. The Bertz CT molecular complexity index is 818. The van der Waals surface area contributed by atoms with E-state index in [0.29, 0.717) is 16.9 Å². The smallest absolute Gasteiger partial charge is 0.320 e. The van der Waals surface area contributed by atoms with E-state index in [2.05, 4.69) is 37.1 Å². The predicted octanol–water partition coefficient (Wildman–Crippen LogP) is 3.24. The number of nitrogens with one attached hydrogen (secondary N) is 3. The fourth-order valence-electron chi connectivity index (χ4n) is 2.20. The van der Waals surface area contributed by atoms with Gasteiger partial charge in [-0.25, -0.2) is 10.2 Å². The van der Waals surface area contributed by atoms with Crippen LogP contribution >= 0.6 is 15.9 Å². The number of anilines is 2. The van der Waals surface area contributed by atoms with E-state index in [1.54, 1.807) is 18.2 Å². The molecule has 6 nitrogen and oxygen atoms in total. The van der Waals surface area contributed by atoms with Gasteiger partial charge in [0, 0.05) is 15.7 Å². The molecule has 7 heteroatoms. The molecule has 0 saturated heterocycles. The van der Waals surface area contributed by atoms with Crippen LogP contribution in [0.15, 0.2) is 52.0 Å². The van der Waals surface area contributed by atoms with E-state index in [1.165, 1.54) is 0 Å². The number of hydrogen-bond acceptors (Lipinski definition) is 3. The molecular formula is C16H13BrN4O2. The molecule has 116 valence electrons. The molecule has 0 aliphatic carbocycles. The second kappa shape index (κ2) is 6.21. The molecule has 0 aromatic heterocycles. The third-order valence-electron chi connectivity index (χ3n) is 3.34. The maximum Gasteiger partial charge on any atom is 0.339 e. The summed E-state index contributed by atoms with van der Waals surface area (Å²) in [5, 5.41) is 9.30. The number of carbonyl (C=O) groups is 2. The van der Waals surface area contributed by atoms with E-state index < -0.39 is 6.03 Å². The van der Waals surface area contributed by atoms with Crippen LogP contribution in [0, 0.1) is 6.92 Å². The molecule has 3 rings (SSSR count). The summed E-state index contributed by atoms with van der Waals surface area (Å²) in [5.74, 6) is -0.355. The largest absolute Gasteiger partial charge is 0.339 e. The first-order valence-electron chi connectivity index (χ1n) is 6.87. The topological polar surface area (TPSA) is 82.6 Å². The van der Waals surface area contributed by atoms with E-state index in [-0.39, 0.29) is 11.6 Å². The Morgan fingerprint density at radius 1 is 1.17 bits per heavy atom. The van der Waals surface area contributed by atoms with Crippen LogP contribution in [0.3, 0.4) is 0 Å². The average molecular weight is 373 g/mol. The van der Waals surface area contributed by atoms with Crippen LogP contribution in [0.25, 0.3) is 0 Å². The normalized spacial score (nSPS) is 14.3. The number of halogens is 1. The number of urea groups is 1. The molecule has 0 saturated carbocycles.